The number of para-hydroxylation sites is 1. The number of fused-ring (bicyclic) bond motifs is 1. The van der Waals surface area contributed by atoms with Crippen LogP contribution in [0, 0.1) is 0 Å². The molecule has 0 fully saturated rings. The van der Waals surface area contributed by atoms with Crippen molar-refractivity contribution in [2.24, 2.45) is 0 Å². The number of nitrogens with one attached hydrogen (secondary N) is 2. The van der Waals surface area contributed by atoms with E-state index in [4.69, 9.17) is 4.74 Å². The average molecular weight is 360 g/mol. The summed E-state index contributed by atoms with van der Waals surface area (Å²) in [6.07, 6.45) is 1.31. The Hall–Kier alpha value is -2.72. The summed E-state index contributed by atoms with van der Waals surface area (Å²) in [6.45, 7) is 0.864. The van der Waals surface area contributed by atoms with Crippen LogP contribution in [0.1, 0.15) is 0 Å². The van der Waals surface area contributed by atoms with E-state index in [1.165, 1.54) is 10.9 Å². The lowest BCUT2D eigenvalue weighted by Crippen LogP contribution is -2.29. The maximum Gasteiger partial charge on any atom is 0.269 e. The Balaban J connectivity index is 1.92. The van der Waals surface area contributed by atoms with Crippen LogP contribution in [0.4, 0.5) is 0 Å². The Bertz CT molecular complexity index is 925. The average Bonchev–Trinajstić information content (AvgIpc) is 3.14. The molecule has 10 heteroatoms. The second-order valence-electron chi connectivity index (χ2n) is 4.99. The van der Waals surface area contributed by atoms with E-state index in [-0.39, 0.29) is 23.2 Å². The Morgan fingerprint density at radius 2 is 2.24 bits per heavy atom. The van der Waals surface area contributed by atoms with E-state index in [1.807, 2.05) is 0 Å². The molecule has 0 aliphatic rings. The van der Waals surface area contributed by atoms with Gasteiger partial charge in [0.2, 0.25) is 11.9 Å². The van der Waals surface area contributed by atoms with Gasteiger partial charge in [0.15, 0.2) is 5.16 Å². The lowest BCUT2D eigenvalue weighted by atomic mass is 10.2. The van der Waals surface area contributed by atoms with E-state index in [0.717, 1.165) is 11.8 Å². The third-order valence-corrected chi connectivity index (χ3v) is 4.26. The third-order valence-electron chi connectivity index (χ3n) is 3.32. The summed E-state index contributed by atoms with van der Waals surface area (Å²) in [7, 11) is 1.57. The summed E-state index contributed by atoms with van der Waals surface area (Å²) in [5.74, 6) is 0.196. The van der Waals surface area contributed by atoms with E-state index in [1.54, 1.807) is 31.4 Å². The number of aromatic amines is 1. The van der Waals surface area contributed by atoms with Crippen LogP contribution in [0.15, 0.2) is 40.5 Å². The van der Waals surface area contributed by atoms with Gasteiger partial charge in [0.05, 0.1) is 23.3 Å². The SMILES string of the molecule is COCCNC(=O)CSc1nc2ccccc2c(=O)n1-c1ncn[nH]1. The predicted molar refractivity (Wildman–Crippen MR) is 92.9 cm³/mol. The Labute approximate surface area is 146 Å². The molecule has 2 heterocycles. The summed E-state index contributed by atoms with van der Waals surface area (Å²) in [4.78, 5) is 33.2. The first-order chi connectivity index (χ1) is 12.2. The molecule has 0 aliphatic heterocycles. The molecule has 9 nitrogen and oxygen atoms in total. The maximum absolute atomic E-state index is 12.8. The maximum atomic E-state index is 12.8. The molecule has 3 aromatic rings. The van der Waals surface area contributed by atoms with Crippen LogP contribution in [0.3, 0.4) is 0 Å². The first kappa shape index (κ1) is 17.1. The fourth-order valence-corrected chi connectivity index (χ4v) is 3.00. The Morgan fingerprint density at radius 1 is 1.40 bits per heavy atom. The van der Waals surface area contributed by atoms with Crippen LogP contribution in [-0.2, 0) is 9.53 Å². The number of aromatic nitrogens is 5. The lowest BCUT2D eigenvalue weighted by Gasteiger charge is -2.10. The topological polar surface area (TPSA) is 115 Å². The van der Waals surface area contributed by atoms with Gasteiger partial charge in [-0.3, -0.25) is 9.59 Å². The number of ether oxygens (including phenoxy) is 1. The van der Waals surface area contributed by atoms with Gasteiger partial charge in [0, 0.05) is 13.7 Å². The summed E-state index contributed by atoms with van der Waals surface area (Å²) in [5, 5.41) is 9.99. The fourth-order valence-electron chi connectivity index (χ4n) is 2.18. The van der Waals surface area contributed by atoms with E-state index < -0.39 is 0 Å². The zero-order valence-corrected chi connectivity index (χ0v) is 14.2. The number of benzene rings is 1. The zero-order chi connectivity index (χ0) is 17.6. The zero-order valence-electron chi connectivity index (χ0n) is 13.4. The number of hydrogen-bond donors (Lipinski definition) is 2. The van der Waals surface area contributed by atoms with Gasteiger partial charge in [-0.25, -0.2) is 14.6 Å². The fraction of sp³-hybridized carbons (Fsp3) is 0.267. The minimum absolute atomic E-state index is 0.114. The molecule has 0 bridgehead atoms. The largest absolute Gasteiger partial charge is 0.383 e. The standard InChI is InChI=1S/C15H16N6O3S/c1-24-7-6-16-12(22)8-25-15-19-11-5-3-2-4-10(11)13(23)21(15)14-17-9-18-20-14/h2-5,9H,6-8H2,1H3,(H,16,22)(H,17,18,20). The lowest BCUT2D eigenvalue weighted by molar-refractivity contribution is -0.118. The second-order valence-corrected chi connectivity index (χ2v) is 5.94. The number of amides is 1. The summed E-state index contributed by atoms with van der Waals surface area (Å²) < 4.78 is 6.21. The summed E-state index contributed by atoms with van der Waals surface area (Å²) in [5.41, 5.74) is 0.287. The molecular formula is C15H16N6O3S. The van der Waals surface area contributed by atoms with Crippen LogP contribution < -0.4 is 10.9 Å². The van der Waals surface area contributed by atoms with E-state index in [0.29, 0.717) is 29.2 Å². The molecule has 0 spiro atoms. The van der Waals surface area contributed by atoms with Gasteiger partial charge in [-0.15, -0.1) is 0 Å². The molecule has 130 valence electrons. The number of nitrogens with zero attached hydrogens (tertiary/aromatic N) is 4. The molecule has 0 saturated heterocycles. The number of carbonyl (C=O) groups excluding carboxylic acids is 1. The van der Waals surface area contributed by atoms with Crippen LogP contribution in [0.25, 0.3) is 16.9 Å². The van der Waals surface area contributed by atoms with Crippen molar-refractivity contribution in [3.63, 3.8) is 0 Å². The number of rotatable bonds is 7. The molecule has 0 aliphatic carbocycles. The van der Waals surface area contributed by atoms with E-state index in [2.05, 4.69) is 25.5 Å². The molecule has 0 unspecified atom stereocenters. The highest BCUT2D eigenvalue weighted by Crippen LogP contribution is 2.19. The van der Waals surface area contributed by atoms with Crippen molar-refractivity contribution in [2.45, 2.75) is 5.16 Å². The molecule has 0 saturated carbocycles. The normalized spacial score (nSPS) is 10.9. The Kier molecular flexibility index (Phi) is 5.41. The quantitative estimate of drug-likeness (QED) is 0.355. The number of hydrogen-bond acceptors (Lipinski definition) is 7. The number of thioether (sulfide) groups is 1. The highest BCUT2D eigenvalue weighted by Gasteiger charge is 2.16. The molecule has 1 amide bonds. The van der Waals surface area contributed by atoms with Crippen molar-refractivity contribution in [3.8, 4) is 5.95 Å². The van der Waals surface area contributed by atoms with Gasteiger partial charge in [0.25, 0.3) is 5.56 Å². The van der Waals surface area contributed by atoms with Crippen molar-refractivity contribution in [1.82, 2.24) is 30.0 Å². The van der Waals surface area contributed by atoms with Crippen molar-refractivity contribution < 1.29 is 9.53 Å². The van der Waals surface area contributed by atoms with Crippen molar-refractivity contribution in [1.29, 1.82) is 0 Å². The first-order valence-electron chi connectivity index (χ1n) is 7.46. The van der Waals surface area contributed by atoms with Gasteiger partial charge in [-0.05, 0) is 12.1 Å². The molecule has 0 atom stereocenters. The van der Waals surface area contributed by atoms with Crippen molar-refractivity contribution in [3.05, 3.63) is 40.9 Å². The number of H-pyrrole nitrogens is 1. The van der Waals surface area contributed by atoms with E-state index >= 15 is 0 Å². The predicted octanol–water partition coefficient (Wildman–Crippen LogP) is 0.358. The highest BCUT2D eigenvalue weighted by atomic mass is 32.2. The molecule has 0 radical (unpaired) electrons. The summed E-state index contributed by atoms with van der Waals surface area (Å²) in [6, 6.07) is 7.03. The molecule has 25 heavy (non-hydrogen) atoms. The van der Waals surface area contributed by atoms with Crippen LogP contribution >= 0.6 is 11.8 Å². The molecule has 3 rings (SSSR count). The number of carbonyl (C=O) groups is 1. The van der Waals surface area contributed by atoms with Crippen LogP contribution in [0.2, 0.25) is 0 Å². The number of methoxy groups -OCH3 is 1. The van der Waals surface area contributed by atoms with Gasteiger partial charge in [-0.2, -0.15) is 10.1 Å². The van der Waals surface area contributed by atoms with Gasteiger partial charge in [-0.1, -0.05) is 23.9 Å². The smallest absolute Gasteiger partial charge is 0.269 e. The Morgan fingerprint density at radius 3 is 3.00 bits per heavy atom. The minimum Gasteiger partial charge on any atom is -0.383 e. The monoisotopic (exact) mass is 360 g/mol. The van der Waals surface area contributed by atoms with Gasteiger partial charge < -0.3 is 10.1 Å². The molecule has 2 N–H and O–H groups in total. The second kappa shape index (κ2) is 7.90. The van der Waals surface area contributed by atoms with Crippen LogP contribution in [-0.4, -0.2) is 56.7 Å². The van der Waals surface area contributed by atoms with Crippen molar-refractivity contribution >= 4 is 28.6 Å². The molecule has 2 aromatic heterocycles. The highest BCUT2D eigenvalue weighted by molar-refractivity contribution is 7.99. The van der Waals surface area contributed by atoms with Gasteiger partial charge in [0.1, 0.15) is 6.33 Å². The first-order valence-corrected chi connectivity index (χ1v) is 8.45. The third kappa shape index (κ3) is 3.86. The van der Waals surface area contributed by atoms with Crippen molar-refractivity contribution in [2.75, 3.05) is 26.0 Å². The summed E-state index contributed by atoms with van der Waals surface area (Å²) >= 11 is 1.15. The molecular weight excluding hydrogens is 344 g/mol. The van der Waals surface area contributed by atoms with Crippen LogP contribution in [0.5, 0.6) is 0 Å². The molecule has 1 aromatic carbocycles. The minimum atomic E-state index is -0.273. The van der Waals surface area contributed by atoms with E-state index in [9.17, 15) is 9.59 Å². The van der Waals surface area contributed by atoms with Gasteiger partial charge >= 0.3 is 0 Å².